The third kappa shape index (κ3) is 504. The molecule has 0 radical (unpaired) electrons. The summed E-state index contributed by atoms with van der Waals surface area (Å²) in [6.07, 6.45) is 4.08. The van der Waals surface area contributed by atoms with E-state index >= 15 is 0 Å². The summed E-state index contributed by atoms with van der Waals surface area (Å²) in [5.74, 6) is 0. The van der Waals surface area contributed by atoms with Gasteiger partial charge in [0.25, 0.3) is 0 Å². The van der Waals surface area contributed by atoms with Crippen LogP contribution in [0.3, 0.4) is 0 Å². The molecule has 0 saturated heterocycles. The highest BCUT2D eigenvalue weighted by molar-refractivity contribution is 4.24. The van der Waals surface area contributed by atoms with Crippen molar-refractivity contribution in [2.45, 2.75) is 102 Å². The lowest BCUT2D eigenvalue weighted by Gasteiger charge is -1.79. The van der Waals surface area contributed by atoms with Crippen molar-refractivity contribution in [3.05, 3.63) is 0 Å². The molecule has 15 heavy (non-hydrogen) atoms. The zero-order valence-corrected chi connectivity index (χ0v) is 14.1. The van der Waals surface area contributed by atoms with E-state index in [4.69, 9.17) is 0 Å². The van der Waals surface area contributed by atoms with Gasteiger partial charge < -0.3 is 0 Å². The van der Waals surface area contributed by atoms with E-state index in [2.05, 4.69) is 13.8 Å². The minimum absolute atomic E-state index is 1.34. The zero-order chi connectivity index (χ0) is 14.1. The van der Waals surface area contributed by atoms with Crippen LogP contribution in [0, 0.1) is 0 Å². The number of unbranched alkanes of at least 4 members (excludes halogenated alkanes) is 2. The first-order valence-electron chi connectivity index (χ1n) is 7.41. The highest BCUT2D eigenvalue weighted by atomic mass is 13.7. The Bertz CT molecular complexity index is 7.51. The van der Waals surface area contributed by atoms with Gasteiger partial charge in [-0.3, -0.25) is 0 Å². The second-order valence-corrected chi connectivity index (χ2v) is 1.35. The van der Waals surface area contributed by atoms with Crippen molar-refractivity contribution in [2.75, 3.05) is 0 Å². The molecule has 0 aliphatic rings. The van der Waals surface area contributed by atoms with Crippen molar-refractivity contribution in [1.29, 1.82) is 0 Å². The minimum Gasteiger partial charge on any atom is -0.0683 e. The average Bonchev–Trinajstić information content (AvgIpc) is 2.42. The summed E-state index contributed by atoms with van der Waals surface area (Å²) in [6.45, 7) is 24.4. The van der Waals surface area contributed by atoms with E-state index in [0.29, 0.717) is 0 Å². The van der Waals surface area contributed by atoms with Crippen LogP contribution in [0.25, 0.3) is 0 Å². The topological polar surface area (TPSA) is 0 Å². The van der Waals surface area contributed by atoms with E-state index in [0.717, 1.165) is 0 Å². The first kappa shape index (κ1) is 36.3. The van der Waals surface area contributed by atoms with Crippen molar-refractivity contribution in [2.24, 2.45) is 0 Å². The second-order valence-electron chi connectivity index (χ2n) is 1.35. The SMILES string of the molecule is CC.CC.CC.CC.CC.CCCCC. The van der Waals surface area contributed by atoms with Gasteiger partial charge in [-0.2, -0.15) is 0 Å². The van der Waals surface area contributed by atoms with Crippen LogP contribution < -0.4 is 0 Å². The minimum atomic E-state index is 1.34. The molecule has 0 aliphatic carbocycles. The lowest BCUT2D eigenvalue weighted by molar-refractivity contribution is 0.772. The molecule has 0 rings (SSSR count). The molecule has 0 aliphatic heterocycles. The number of hydrogen-bond acceptors (Lipinski definition) is 0. The quantitative estimate of drug-likeness (QED) is 0.459. The Morgan fingerprint density at radius 2 is 0.533 bits per heavy atom. The van der Waals surface area contributed by atoms with Crippen LogP contribution >= 0.6 is 0 Å². The molecule has 0 unspecified atom stereocenters. The molecule has 0 amide bonds. The molecule has 0 atom stereocenters. The van der Waals surface area contributed by atoms with Crippen LogP contribution in [0.1, 0.15) is 102 Å². The summed E-state index contributed by atoms with van der Waals surface area (Å²) in [5.41, 5.74) is 0. The van der Waals surface area contributed by atoms with Gasteiger partial charge in [-0.25, -0.2) is 0 Å². The maximum atomic E-state index is 2.21. The van der Waals surface area contributed by atoms with Crippen LogP contribution in [0.2, 0.25) is 0 Å². The smallest absolute Gasteiger partial charge is 0.0538 e. The third-order valence-corrected chi connectivity index (χ3v) is 0.707. The molecular weight excluding hydrogens is 180 g/mol. The molecule has 0 N–H and O–H groups in total. The van der Waals surface area contributed by atoms with E-state index in [9.17, 15) is 0 Å². The van der Waals surface area contributed by atoms with Crippen LogP contribution in [-0.4, -0.2) is 0 Å². The van der Waals surface area contributed by atoms with Gasteiger partial charge in [0, 0.05) is 0 Å². The van der Waals surface area contributed by atoms with E-state index in [-0.39, 0.29) is 0 Å². The number of hydrogen-bond donors (Lipinski definition) is 0. The predicted octanol–water partition coefficient (Wildman–Crippen LogP) is 7.33. The van der Waals surface area contributed by atoms with Gasteiger partial charge in [0.15, 0.2) is 0 Å². The second kappa shape index (κ2) is 263. The fourth-order valence-electron chi connectivity index (χ4n) is 0.354. The molecule has 0 aromatic rings. The summed E-state index contributed by atoms with van der Waals surface area (Å²) in [4.78, 5) is 0. The molecule has 102 valence electrons. The van der Waals surface area contributed by atoms with Gasteiger partial charge in [-0.05, 0) is 0 Å². The van der Waals surface area contributed by atoms with Gasteiger partial charge in [0.2, 0.25) is 0 Å². The van der Waals surface area contributed by atoms with Crippen molar-refractivity contribution in [3.8, 4) is 0 Å². The summed E-state index contributed by atoms with van der Waals surface area (Å²) >= 11 is 0. The molecular formula is C15H42. The molecule has 0 nitrogen and oxygen atoms in total. The highest BCUT2D eigenvalue weighted by Crippen LogP contribution is 1.88. The van der Waals surface area contributed by atoms with Crippen molar-refractivity contribution in [1.82, 2.24) is 0 Å². The maximum absolute atomic E-state index is 2.21. The third-order valence-electron chi connectivity index (χ3n) is 0.707. The normalized spacial score (nSPS) is 4.80. The Labute approximate surface area is 103 Å². The first-order valence-corrected chi connectivity index (χ1v) is 7.41. The monoisotopic (exact) mass is 222 g/mol. The van der Waals surface area contributed by atoms with Crippen molar-refractivity contribution in [3.63, 3.8) is 0 Å². The van der Waals surface area contributed by atoms with Gasteiger partial charge in [-0.15, -0.1) is 0 Å². The Kier molecular flexibility index (Phi) is 636. The van der Waals surface area contributed by atoms with Crippen molar-refractivity contribution < 1.29 is 0 Å². The lowest BCUT2D eigenvalue weighted by Crippen LogP contribution is -1.59. The first-order chi connectivity index (χ1) is 7.41. The molecule has 0 heterocycles. The summed E-state index contributed by atoms with van der Waals surface area (Å²) in [7, 11) is 0. The molecule has 0 fully saturated rings. The van der Waals surface area contributed by atoms with E-state index in [1.807, 2.05) is 69.2 Å². The van der Waals surface area contributed by atoms with E-state index < -0.39 is 0 Å². The fraction of sp³-hybridized carbons (Fsp3) is 1.00. The van der Waals surface area contributed by atoms with Crippen LogP contribution in [-0.2, 0) is 0 Å². The van der Waals surface area contributed by atoms with Gasteiger partial charge in [0.1, 0.15) is 0 Å². The fourth-order valence-corrected chi connectivity index (χ4v) is 0.354. The highest BCUT2D eigenvalue weighted by Gasteiger charge is 1.68. The van der Waals surface area contributed by atoms with Crippen LogP contribution in [0.4, 0.5) is 0 Å². The summed E-state index contributed by atoms with van der Waals surface area (Å²) in [6, 6.07) is 0. The molecule has 0 saturated carbocycles. The van der Waals surface area contributed by atoms with Gasteiger partial charge >= 0.3 is 0 Å². The predicted molar refractivity (Wildman–Crippen MR) is 81.9 cm³/mol. The molecule has 0 bridgehead atoms. The Morgan fingerprint density at radius 3 is 0.533 bits per heavy atom. The Balaban J connectivity index is -0.0000000177. The maximum Gasteiger partial charge on any atom is -0.0538 e. The van der Waals surface area contributed by atoms with Crippen molar-refractivity contribution >= 4 is 0 Å². The molecule has 0 heteroatoms. The lowest BCUT2D eigenvalue weighted by atomic mass is 10.3. The zero-order valence-electron chi connectivity index (χ0n) is 14.1. The summed E-state index contributed by atoms with van der Waals surface area (Å²) in [5, 5.41) is 0. The van der Waals surface area contributed by atoms with Crippen LogP contribution in [0.5, 0.6) is 0 Å². The van der Waals surface area contributed by atoms with Crippen LogP contribution in [0.15, 0.2) is 0 Å². The standard InChI is InChI=1S/C5H12.5C2H6/c1-3-5-4-2;5*1-2/h3-5H2,1-2H3;5*1-2H3. The molecule has 0 spiro atoms. The Morgan fingerprint density at radius 1 is 0.400 bits per heavy atom. The van der Waals surface area contributed by atoms with Gasteiger partial charge in [0.05, 0.1) is 0 Å². The Hall–Kier alpha value is 0. The molecule has 0 aromatic carbocycles. The largest absolute Gasteiger partial charge is 0.0683 e. The van der Waals surface area contributed by atoms with E-state index in [1.54, 1.807) is 0 Å². The number of rotatable bonds is 2. The summed E-state index contributed by atoms with van der Waals surface area (Å²) < 4.78 is 0. The average molecular weight is 223 g/mol. The molecule has 0 aromatic heterocycles. The van der Waals surface area contributed by atoms with Gasteiger partial charge in [-0.1, -0.05) is 102 Å². The van der Waals surface area contributed by atoms with E-state index in [1.165, 1.54) is 19.3 Å².